The fourth-order valence-electron chi connectivity index (χ4n) is 5.28. The van der Waals surface area contributed by atoms with Crippen molar-refractivity contribution in [3.8, 4) is 5.75 Å². The number of imide groups is 1. The zero-order valence-electron chi connectivity index (χ0n) is 24.2. The number of nitrogens with two attached hydrogens (primary N) is 1. The van der Waals surface area contributed by atoms with Crippen LogP contribution in [0.5, 0.6) is 5.75 Å². The Labute approximate surface area is 251 Å². The van der Waals surface area contributed by atoms with E-state index in [1.54, 1.807) is 30.1 Å². The first-order valence-electron chi connectivity index (χ1n) is 13.9. The molecule has 2 aliphatic rings. The summed E-state index contributed by atoms with van der Waals surface area (Å²) in [4.78, 5) is 47.6. The molecule has 2 fully saturated rings. The molecule has 2 atom stereocenters. The summed E-state index contributed by atoms with van der Waals surface area (Å²) in [5, 5.41) is 4.15. The zero-order chi connectivity index (χ0) is 31.6. The quantitative estimate of drug-likeness (QED) is 0.355. The average Bonchev–Trinajstić information content (AvgIpc) is 3.44. The summed E-state index contributed by atoms with van der Waals surface area (Å²) in [7, 11) is 2.97. The van der Waals surface area contributed by atoms with Gasteiger partial charge in [0.1, 0.15) is 11.7 Å². The van der Waals surface area contributed by atoms with Crippen LogP contribution in [0.2, 0.25) is 0 Å². The highest BCUT2D eigenvalue weighted by molar-refractivity contribution is 6.05. The molecule has 234 valence electrons. The molecule has 3 heterocycles. The van der Waals surface area contributed by atoms with Crippen LogP contribution in [0.15, 0.2) is 48.5 Å². The van der Waals surface area contributed by atoms with Crippen LogP contribution < -0.4 is 15.4 Å². The Kier molecular flexibility index (Phi) is 8.99. The molecular weight excluding hydrogens is 583 g/mol. The summed E-state index contributed by atoms with van der Waals surface area (Å²) in [5.74, 6) is -5.09. The molecular formula is C29H32F3N7O5. The van der Waals surface area contributed by atoms with Crippen LogP contribution >= 0.6 is 0 Å². The minimum atomic E-state index is -4.96. The second kappa shape index (κ2) is 12.7. The number of benzene rings is 2. The van der Waals surface area contributed by atoms with Gasteiger partial charge in [0.05, 0.1) is 32.4 Å². The van der Waals surface area contributed by atoms with Crippen molar-refractivity contribution in [1.82, 2.24) is 24.6 Å². The number of rotatable bonds is 9. The smallest absolute Gasteiger partial charge is 0.410 e. The number of amides is 2. The molecule has 0 radical (unpaired) electrons. The van der Waals surface area contributed by atoms with Crippen molar-refractivity contribution in [2.24, 2.45) is 5.73 Å². The number of aromatic nitrogens is 3. The molecule has 0 aliphatic carbocycles. The second-order valence-electron chi connectivity index (χ2n) is 10.5. The maximum atomic E-state index is 14.4. The molecule has 5 rings (SSSR count). The van der Waals surface area contributed by atoms with E-state index in [-0.39, 0.29) is 35.3 Å². The number of para-hydroxylation sites is 1. The van der Waals surface area contributed by atoms with E-state index in [0.29, 0.717) is 32.8 Å². The Morgan fingerprint density at radius 3 is 2.39 bits per heavy atom. The molecule has 3 aromatic rings. The standard InChI is InChI=1S/C29H32F3N7O5/c1-36(16-19-9-7-18(15-33)8-10-19)28-34-25(35-39(28)26(41)20-5-3-4-6-21(20)43-2)23-24(29(30,31)32)38(27(23)42)22(40)17-37-11-13-44-14-12-37/h3-10,23-24H,11-17,33H2,1-2H3. The summed E-state index contributed by atoms with van der Waals surface area (Å²) >= 11 is 0. The van der Waals surface area contributed by atoms with Gasteiger partial charge in [-0.25, -0.2) is 0 Å². The number of hydrogen-bond donors (Lipinski definition) is 1. The van der Waals surface area contributed by atoms with Gasteiger partial charge < -0.3 is 20.1 Å². The van der Waals surface area contributed by atoms with Crippen LogP contribution in [0.4, 0.5) is 19.1 Å². The summed E-state index contributed by atoms with van der Waals surface area (Å²) in [5.41, 5.74) is 7.48. The number of likely N-dealkylation sites (tertiary alicyclic amines) is 1. The highest BCUT2D eigenvalue weighted by Crippen LogP contribution is 2.44. The number of alkyl halides is 3. The topological polar surface area (TPSA) is 136 Å². The lowest BCUT2D eigenvalue weighted by Gasteiger charge is -2.45. The fraction of sp³-hybridized carbons (Fsp3) is 0.414. The Morgan fingerprint density at radius 1 is 1.09 bits per heavy atom. The lowest BCUT2D eigenvalue weighted by molar-refractivity contribution is -0.221. The van der Waals surface area contributed by atoms with Gasteiger partial charge >= 0.3 is 6.18 Å². The van der Waals surface area contributed by atoms with Crippen LogP contribution in [0.25, 0.3) is 0 Å². The number of β-lactam (4-membered cyclic amide) rings is 1. The van der Waals surface area contributed by atoms with E-state index in [4.69, 9.17) is 15.2 Å². The first kappa shape index (κ1) is 31.1. The molecule has 2 aliphatic heterocycles. The van der Waals surface area contributed by atoms with E-state index < -0.39 is 41.7 Å². The molecule has 12 nitrogen and oxygen atoms in total. The van der Waals surface area contributed by atoms with Gasteiger partial charge in [-0.1, -0.05) is 36.4 Å². The Hall–Kier alpha value is -4.34. The SMILES string of the molecule is COc1ccccc1C(=O)n1nc(C2C(=O)N(C(=O)CN3CCOCC3)C2C(F)(F)F)nc1N(C)Cc1ccc(CN)cc1. The lowest BCUT2D eigenvalue weighted by atomic mass is 9.85. The van der Waals surface area contributed by atoms with Gasteiger partial charge in [-0.15, -0.1) is 5.10 Å². The number of ether oxygens (including phenoxy) is 2. The van der Waals surface area contributed by atoms with Crippen LogP contribution in [0.1, 0.15) is 33.2 Å². The van der Waals surface area contributed by atoms with E-state index in [1.165, 1.54) is 18.1 Å². The van der Waals surface area contributed by atoms with Gasteiger partial charge in [0.2, 0.25) is 17.8 Å². The minimum Gasteiger partial charge on any atom is -0.496 e. The van der Waals surface area contributed by atoms with Gasteiger partial charge in [-0.3, -0.25) is 24.2 Å². The molecule has 15 heteroatoms. The Morgan fingerprint density at radius 2 is 1.75 bits per heavy atom. The Bertz CT molecular complexity index is 1520. The number of carbonyl (C=O) groups excluding carboxylic acids is 3. The second-order valence-corrected chi connectivity index (χ2v) is 10.5. The Balaban J connectivity index is 1.50. The summed E-state index contributed by atoms with van der Waals surface area (Å²) < 4.78 is 54.6. The number of halogens is 3. The number of morpholine rings is 1. The highest BCUT2D eigenvalue weighted by atomic mass is 19.4. The lowest BCUT2D eigenvalue weighted by Crippen LogP contribution is -2.68. The van der Waals surface area contributed by atoms with E-state index in [0.717, 1.165) is 15.8 Å². The maximum Gasteiger partial charge on any atom is 0.410 e. The van der Waals surface area contributed by atoms with Gasteiger partial charge in [0.25, 0.3) is 5.91 Å². The maximum absolute atomic E-state index is 14.4. The number of carbonyl (C=O) groups is 3. The van der Waals surface area contributed by atoms with Crippen LogP contribution in [0, 0.1) is 0 Å². The van der Waals surface area contributed by atoms with Crippen molar-refractivity contribution < 1.29 is 37.0 Å². The summed E-state index contributed by atoms with van der Waals surface area (Å²) in [6.07, 6.45) is -4.96. The minimum absolute atomic E-state index is 0.0861. The van der Waals surface area contributed by atoms with Crippen molar-refractivity contribution in [1.29, 1.82) is 0 Å². The molecule has 44 heavy (non-hydrogen) atoms. The first-order chi connectivity index (χ1) is 21.0. The van der Waals surface area contributed by atoms with E-state index in [9.17, 15) is 27.6 Å². The molecule has 2 aromatic carbocycles. The molecule has 2 N–H and O–H groups in total. The third-order valence-electron chi connectivity index (χ3n) is 7.60. The van der Waals surface area contributed by atoms with Gasteiger partial charge in [-0.05, 0) is 23.3 Å². The van der Waals surface area contributed by atoms with Crippen LogP contribution in [-0.4, -0.2) is 102 Å². The van der Waals surface area contributed by atoms with Crippen LogP contribution in [0.3, 0.4) is 0 Å². The van der Waals surface area contributed by atoms with Gasteiger partial charge in [0, 0.05) is 33.2 Å². The molecule has 0 bridgehead atoms. The van der Waals surface area contributed by atoms with E-state index in [2.05, 4.69) is 10.1 Å². The molecule has 2 saturated heterocycles. The number of hydrogen-bond acceptors (Lipinski definition) is 10. The van der Waals surface area contributed by atoms with Crippen molar-refractivity contribution in [3.63, 3.8) is 0 Å². The molecule has 1 aromatic heterocycles. The van der Waals surface area contributed by atoms with Crippen molar-refractivity contribution in [2.45, 2.75) is 31.2 Å². The van der Waals surface area contributed by atoms with Crippen LogP contribution in [-0.2, 0) is 27.4 Å². The van der Waals surface area contributed by atoms with Crippen molar-refractivity contribution in [2.75, 3.05) is 51.9 Å². The third kappa shape index (κ3) is 6.16. The fourth-order valence-corrected chi connectivity index (χ4v) is 5.28. The van der Waals surface area contributed by atoms with Crippen molar-refractivity contribution >= 4 is 23.7 Å². The predicted molar refractivity (Wildman–Crippen MR) is 151 cm³/mol. The third-order valence-corrected chi connectivity index (χ3v) is 7.60. The predicted octanol–water partition coefficient (Wildman–Crippen LogP) is 1.79. The largest absolute Gasteiger partial charge is 0.496 e. The van der Waals surface area contributed by atoms with E-state index in [1.807, 2.05) is 24.3 Å². The summed E-state index contributed by atoms with van der Waals surface area (Å²) in [6, 6.07) is 11.1. The normalized spacial score (nSPS) is 19.0. The number of nitrogens with zero attached hydrogens (tertiary/aromatic N) is 6. The zero-order valence-corrected chi connectivity index (χ0v) is 24.2. The molecule has 2 unspecified atom stereocenters. The molecule has 2 amide bonds. The van der Waals surface area contributed by atoms with E-state index >= 15 is 0 Å². The van der Waals surface area contributed by atoms with Gasteiger partial charge in [-0.2, -0.15) is 22.8 Å². The molecule has 0 saturated carbocycles. The number of methoxy groups -OCH3 is 1. The number of anilines is 1. The van der Waals surface area contributed by atoms with Crippen molar-refractivity contribution in [3.05, 3.63) is 71.0 Å². The summed E-state index contributed by atoms with van der Waals surface area (Å²) in [6.45, 7) is 1.57. The average molecular weight is 616 g/mol. The molecule has 0 spiro atoms. The van der Waals surface area contributed by atoms with Gasteiger partial charge in [0.15, 0.2) is 11.9 Å². The highest BCUT2D eigenvalue weighted by Gasteiger charge is 2.65. The first-order valence-corrected chi connectivity index (χ1v) is 13.9. The monoisotopic (exact) mass is 615 g/mol.